The molecule has 3 rings (SSSR count). The molecule has 0 aromatic heterocycles. The number of carbonyl (C=O) groups is 1. The predicted molar refractivity (Wildman–Crippen MR) is 105 cm³/mol. The highest BCUT2D eigenvalue weighted by Gasteiger charge is 2.33. The Balaban J connectivity index is 1.94. The Morgan fingerprint density at radius 1 is 1.28 bits per heavy atom. The van der Waals surface area contributed by atoms with Crippen molar-refractivity contribution in [3.8, 4) is 5.75 Å². The second-order valence-corrected chi connectivity index (χ2v) is 7.54. The van der Waals surface area contributed by atoms with E-state index in [1.54, 1.807) is 24.3 Å². The minimum atomic E-state index is -0.523. The topological polar surface area (TPSA) is 83.7 Å². The molecule has 25 heavy (non-hydrogen) atoms. The summed E-state index contributed by atoms with van der Waals surface area (Å²) in [5.41, 5.74) is 0.953. The Morgan fingerprint density at radius 3 is 2.72 bits per heavy atom. The van der Waals surface area contributed by atoms with Gasteiger partial charge in [-0.05, 0) is 45.8 Å². The van der Waals surface area contributed by atoms with E-state index in [1.165, 1.54) is 29.2 Å². The summed E-state index contributed by atoms with van der Waals surface area (Å²) in [7, 11) is 0. The number of anilines is 1. The Kier molecular flexibility index (Phi) is 4.89. The molecule has 0 spiro atoms. The van der Waals surface area contributed by atoms with E-state index < -0.39 is 4.92 Å². The van der Waals surface area contributed by atoms with E-state index >= 15 is 0 Å². The Morgan fingerprint density at radius 2 is 2.04 bits per heavy atom. The fourth-order valence-electron chi connectivity index (χ4n) is 2.20. The molecule has 0 saturated carbocycles. The maximum Gasteiger partial charge on any atom is 0.271 e. The van der Waals surface area contributed by atoms with E-state index in [0.29, 0.717) is 24.9 Å². The van der Waals surface area contributed by atoms with Crippen LogP contribution in [0.1, 0.15) is 5.56 Å². The van der Waals surface area contributed by atoms with Gasteiger partial charge in [-0.2, -0.15) is 0 Å². The van der Waals surface area contributed by atoms with E-state index in [4.69, 9.17) is 12.2 Å². The number of nitro groups is 1. The average Bonchev–Trinajstić information content (AvgIpc) is 2.85. The molecule has 2 aromatic rings. The number of thiocarbonyl (C=S) groups is 1. The second kappa shape index (κ2) is 6.95. The van der Waals surface area contributed by atoms with Crippen LogP contribution in [-0.4, -0.2) is 20.3 Å². The minimum Gasteiger partial charge on any atom is -0.507 e. The molecule has 1 amide bonds. The van der Waals surface area contributed by atoms with Gasteiger partial charge in [0.2, 0.25) is 0 Å². The van der Waals surface area contributed by atoms with E-state index in [2.05, 4.69) is 15.9 Å². The largest absolute Gasteiger partial charge is 0.507 e. The summed E-state index contributed by atoms with van der Waals surface area (Å²) in [6, 6.07) is 10.6. The van der Waals surface area contributed by atoms with Gasteiger partial charge in [-0.1, -0.05) is 36.1 Å². The summed E-state index contributed by atoms with van der Waals surface area (Å²) in [5, 5.41) is 20.5. The smallest absolute Gasteiger partial charge is 0.271 e. The van der Waals surface area contributed by atoms with Gasteiger partial charge in [0.1, 0.15) is 5.75 Å². The number of aromatic hydroxyl groups is 1. The molecule has 1 N–H and O–H groups in total. The first-order valence-electron chi connectivity index (χ1n) is 6.88. The molecule has 6 nitrogen and oxygen atoms in total. The summed E-state index contributed by atoms with van der Waals surface area (Å²) in [4.78, 5) is 24.7. The highest BCUT2D eigenvalue weighted by Crippen LogP contribution is 2.37. The van der Waals surface area contributed by atoms with Gasteiger partial charge in [0.05, 0.1) is 20.0 Å². The Hall–Kier alpha value is -2.23. The number of phenolic OH excluding ortho intramolecular Hbond substituents is 1. The number of benzene rings is 2. The molecule has 1 saturated heterocycles. The molecule has 0 radical (unpaired) electrons. The van der Waals surface area contributed by atoms with Crippen LogP contribution < -0.4 is 4.90 Å². The van der Waals surface area contributed by atoms with Crippen LogP contribution in [0.15, 0.2) is 51.8 Å². The molecule has 1 aliphatic heterocycles. The molecule has 126 valence electrons. The van der Waals surface area contributed by atoms with Crippen LogP contribution in [0.5, 0.6) is 5.75 Å². The third-order valence-electron chi connectivity index (χ3n) is 3.36. The van der Waals surface area contributed by atoms with Gasteiger partial charge in [0.25, 0.3) is 11.6 Å². The minimum absolute atomic E-state index is 0.0984. The van der Waals surface area contributed by atoms with E-state index in [9.17, 15) is 20.0 Å². The number of nitro benzene ring substituents is 1. The number of phenols is 1. The summed E-state index contributed by atoms with van der Waals surface area (Å²) in [6.45, 7) is 0. The first-order chi connectivity index (χ1) is 11.9. The van der Waals surface area contributed by atoms with Crippen molar-refractivity contribution < 1.29 is 14.8 Å². The van der Waals surface area contributed by atoms with Crippen LogP contribution in [0.25, 0.3) is 6.08 Å². The van der Waals surface area contributed by atoms with Crippen molar-refractivity contribution in [2.45, 2.75) is 0 Å². The zero-order chi connectivity index (χ0) is 18.1. The lowest BCUT2D eigenvalue weighted by atomic mass is 10.2. The summed E-state index contributed by atoms with van der Waals surface area (Å²) >= 11 is 9.59. The van der Waals surface area contributed by atoms with Crippen molar-refractivity contribution in [3.05, 3.63) is 67.5 Å². The number of rotatable bonds is 3. The second-order valence-electron chi connectivity index (χ2n) is 5.00. The molecule has 0 bridgehead atoms. The van der Waals surface area contributed by atoms with E-state index in [0.717, 1.165) is 11.8 Å². The van der Waals surface area contributed by atoms with Crippen LogP contribution in [0.4, 0.5) is 11.4 Å². The van der Waals surface area contributed by atoms with Crippen LogP contribution in [0, 0.1) is 10.1 Å². The molecule has 0 aliphatic carbocycles. The van der Waals surface area contributed by atoms with Gasteiger partial charge in [-0.3, -0.25) is 19.8 Å². The molecule has 1 fully saturated rings. The van der Waals surface area contributed by atoms with Crippen molar-refractivity contribution in [3.63, 3.8) is 0 Å². The fourth-order valence-corrected chi connectivity index (χ4v) is 3.90. The Labute approximate surface area is 160 Å². The van der Waals surface area contributed by atoms with Crippen molar-refractivity contribution in [2.24, 2.45) is 0 Å². The first-order valence-corrected chi connectivity index (χ1v) is 8.89. The van der Waals surface area contributed by atoms with Crippen LogP contribution in [0.2, 0.25) is 0 Å². The fraction of sp³-hybridized carbons (Fsp3) is 0. The van der Waals surface area contributed by atoms with Crippen molar-refractivity contribution in [1.82, 2.24) is 0 Å². The maximum atomic E-state index is 12.7. The molecule has 1 heterocycles. The van der Waals surface area contributed by atoms with Gasteiger partial charge in [-0.15, -0.1) is 0 Å². The number of nitrogens with zero attached hydrogens (tertiary/aromatic N) is 2. The number of carbonyl (C=O) groups excluding carboxylic acids is 1. The summed E-state index contributed by atoms with van der Waals surface area (Å²) in [6.07, 6.45) is 1.65. The zero-order valence-corrected chi connectivity index (χ0v) is 15.6. The van der Waals surface area contributed by atoms with Crippen LogP contribution in [-0.2, 0) is 4.79 Å². The van der Waals surface area contributed by atoms with Gasteiger partial charge in [0.15, 0.2) is 4.32 Å². The van der Waals surface area contributed by atoms with Gasteiger partial charge < -0.3 is 5.11 Å². The maximum absolute atomic E-state index is 12.7. The molecule has 9 heteroatoms. The zero-order valence-electron chi connectivity index (χ0n) is 12.4. The quantitative estimate of drug-likeness (QED) is 0.330. The Bertz CT molecular complexity index is 945. The average molecular weight is 437 g/mol. The summed E-state index contributed by atoms with van der Waals surface area (Å²) < 4.78 is 0.810. The number of amides is 1. The van der Waals surface area contributed by atoms with E-state index in [1.807, 2.05) is 0 Å². The predicted octanol–water partition coefficient (Wildman–Crippen LogP) is 4.47. The lowest BCUT2D eigenvalue weighted by Crippen LogP contribution is -2.27. The number of thioether (sulfide) groups is 1. The third kappa shape index (κ3) is 3.58. The first kappa shape index (κ1) is 17.6. The monoisotopic (exact) mass is 436 g/mol. The molecular weight excluding hydrogens is 428 g/mol. The number of hydrogen-bond acceptors (Lipinski definition) is 6. The van der Waals surface area contributed by atoms with Crippen molar-refractivity contribution >= 4 is 67.6 Å². The number of hydrogen-bond donors (Lipinski definition) is 1. The lowest BCUT2D eigenvalue weighted by molar-refractivity contribution is -0.384. The summed E-state index contributed by atoms with van der Waals surface area (Å²) in [5.74, 6) is -0.249. The van der Waals surface area contributed by atoms with Crippen LogP contribution in [0.3, 0.4) is 0 Å². The van der Waals surface area contributed by atoms with Crippen LogP contribution >= 0.6 is 39.9 Å². The van der Waals surface area contributed by atoms with Crippen molar-refractivity contribution in [1.29, 1.82) is 0 Å². The highest BCUT2D eigenvalue weighted by atomic mass is 79.9. The standard InChI is InChI=1S/C16H9BrN2O4S2/c17-12-6-9(4-5-13(12)20)7-14-15(21)18(16(24)25-14)10-2-1-3-11(8-10)19(22)23/h1-8,20H/b14-7-. The third-order valence-corrected chi connectivity index (χ3v) is 5.30. The van der Waals surface area contributed by atoms with Gasteiger partial charge in [-0.25, -0.2) is 0 Å². The normalized spacial score (nSPS) is 15.9. The number of non-ortho nitro benzene ring substituents is 1. The molecule has 2 aromatic carbocycles. The van der Waals surface area contributed by atoms with E-state index in [-0.39, 0.29) is 17.3 Å². The highest BCUT2D eigenvalue weighted by molar-refractivity contribution is 9.10. The molecular formula is C16H9BrN2O4S2. The van der Waals surface area contributed by atoms with Crippen molar-refractivity contribution in [2.75, 3.05) is 4.90 Å². The molecule has 0 unspecified atom stereocenters. The molecule has 1 aliphatic rings. The molecule has 0 atom stereocenters. The van der Waals surface area contributed by atoms with Gasteiger partial charge in [0, 0.05) is 12.1 Å². The number of halogens is 1. The SMILES string of the molecule is O=C1/C(=C/c2ccc(O)c(Br)c2)SC(=S)N1c1cccc([N+](=O)[O-])c1. The van der Waals surface area contributed by atoms with Gasteiger partial charge >= 0.3 is 0 Å². The lowest BCUT2D eigenvalue weighted by Gasteiger charge is -2.13.